The lowest BCUT2D eigenvalue weighted by molar-refractivity contribution is -0.146. The fraction of sp³-hybridized carbons (Fsp3) is 0.722. The van der Waals surface area contributed by atoms with Gasteiger partial charge in [0.25, 0.3) is 0 Å². The second kappa shape index (κ2) is 7.73. The zero-order chi connectivity index (χ0) is 15.8. The van der Waals surface area contributed by atoms with Gasteiger partial charge in [-0.3, -0.25) is 4.79 Å². The van der Waals surface area contributed by atoms with Crippen molar-refractivity contribution in [2.45, 2.75) is 63.3 Å². The van der Waals surface area contributed by atoms with Crippen LogP contribution in [0.25, 0.3) is 0 Å². The third-order valence-corrected chi connectivity index (χ3v) is 6.35. The summed E-state index contributed by atoms with van der Waals surface area (Å²) in [7, 11) is 0. The molecule has 5 unspecified atom stereocenters. The summed E-state index contributed by atoms with van der Waals surface area (Å²) in [6.07, 6.45) is 6.32. The van der Waals surface area contributed by atoms with E-state index in [1.54, 1.807) is 11.3 Å². The number of amides is 1. The summed E-state index contributed by atoms with van der Waals surface area (Å²) in [6.45, 7) is 3.47. The highest BCUT2D eigenvalue weighted by molar-refractivity contribution is 7.07. The van der Waals surface area contributed by atoms with Crippen LogP contribution < -0.4 is 5.32 Å². The van der Waals surface area contributed by atoms with Gasteiger partial charge in [0.1, 0.15) is 6.10 Å². The molecule has 2 saturated heterocycles. The van der Waals surface area contributed by atoms with Crippen molar-refractivity contribution in [1.82, 2.24) is 10.2 Å². The van der Waals surface area contributed by atoms with Crippen molar-refractivity contribution in [2.75, 3.05) is 13.1 Å². The topological polar surface area (TPSA) is 41.6 Å². The molecule has 3 heterocycles. The lowest BCUT2D eigenvalue weighted by atomic mass is 9.85. The number of carbonyl (C=O) groups is 1. The van der Waals surface area contributed by atoms with E-state index in [0.29, 0.717) is 25.0 Å². The van der Waals surface area contributed by atoms with Gasteiger partial charge in [-0.1, -0.05) is 12.8 Å². The van der Waals surface area contributed by atoms with Gasteiger partial charge < -0.3 is 15.0 Å². The van der Waals surface area contributed by atoms with Crippen LogP contribution in [-0.4, -0.2) is 42.1 Å². The maximum Gasteiger partial charge on any atom is 0.239 e. The van der Waals surface area contributed by atoms with Crippen LogP contribution in [0.1, 0.15) is 50.7 Å². The van der Waals surface area contributed by atoms with Crippen LogP contribution in [0.2, 0.25) is 0 Å². The fourth-order valence-electron chi connectivity index (χ4n) is 4.50. The number of nitrogens with one attached hydrogen (secondary N) is 1. The van der Waals surface area contributed by atoms with Crippen LogP contribution in [0.4, 0.5) is 0 Å². The monoisotopic (exact) mass is 370 g/mol. The normalized spacial score (nSPS) is 36.0. The number of thiophene rings is 1. The Balaban J connectivity index is 0.00000169. The van der Waals surface area contributed by atoms with Gasteiger partial charge in [-0.2, -0.15) is 11.3 Å². The summed E-state index contributed by atoms with van der Waals surface area (Å²) in [6, 6.07) is 2.71. The maximum absolute atomic E-state index is 13.0. The number of fused-ring (bicyclic) bond motifs is 1. The van der Waals surface area contributed by atoms with Crippen molar-refractivity contribution in [3.8, 4) is 0 Å². The van der Waals surface area contributed by atoms with E-state index in [-0.39, 0.29) is 36.6 Å². The predicted octanol–water partition coefficient (Wildman–Crippen LogP) is 3.38. The highest BCUT2D eigenvalue weighted by atomic mass is 35.5. The van der Waals surface area contributed by atoms with Gasteiger partial charge >= 0.3 is 0 Å². The molecular formula is C18H27ClN2O2S. The molecule has 1 N–H and O–H groups in total. The van der Waals surface area contributed by atoms with E-state index in [9.17, 15) is 4.79 Å². The van der Waals surface area contributed by atoms with Crippen molar-refractivity contribution in [2.24, 2.45) is 5.92 Å². The Morgan fingerprint density at radius 1 is 1.33 bits per heavy atom. The second-order valence-corrected chi connectivity index (χ2v) is 8.12. The smallest absolute Gasteiger partial charge is 0.239 e. The summed E-state index contributed by atoms with van der Waals surface area (Å²) >= 11 is 1.69. The molecule has 134 valence electrons. The van der Waals surface area contributed by atoms with Crippen molar-refractivity contribution in [3.05, 3.63) is 22.4 Å². The van der Waals surface area contributed by atoms with Crippen molar-refractivity contribution >= 4 is 29.7 Å². The number of halogens is 1. The Morgan fingerprint density at radius 3 is 2.92 bits per heavy atom. The molecule has 0 bridgehead atoms. The largest absolute Gasteiger partial charge is 0.367 e. The number of carbonyl (C=O) groups excluding carboxylic acids is 1. The van der Waals surface area contributed by atoms with E-state index in [1.807, 2.05) is 4.90 Å². The van der Waals surface area contributed by atoms with Crippen LogP contribution in [0, 0.1) is 5.92 Å². The zero-order valence-corrected chi connectivity index (χ0v) is 15.8. The number of morpholine rings is 1. The number of ether oxygens (including phenoxy) is 1. The summed E-state index contributed by atoms with van der Waals surface area (Å²) in [5, 5.41) is 7.83. The van der Waals surface area contributed by atoms with Gasteiger partial charge in [-0.25, -0.2) is 0 Å². The van der Waals surface area contributed by atoms with E-state index in [2.05, 4.69) is 29.1 Å². The average Bonchev–Trinajstić information content (AvgIpc) is 3.22. The maximum atomic E-state index is 13.0. The minimum Gasteiger partial charge on any atom is -0.367 e. The summed E-state index contributed by atoms with van der Waals surface area (Å²) in [4.78, 5) is 15.0. The van der Waals surface area contributed by atoms with E-state index >= 15 is 0 Å². The molecule has 1 saturated carbocycles. The van der Waals surface area contributed by atoms with Gasteiger partial charge in [0.2, 0.25) is 5.91 Å². The third kappa shape index (κ3) is 3.64. The Morgan fingerprint density at radius 2 is 2.17 bits per heavy atom. The lowest BCUT2D eigenvalue weighted by Crippen LogP contribution is -2.52. The van der Waals surface area contributed by atoms with Crippen molar-refractivity contribution < 1.29 is 9.53 Å². The van der Waals surface area contributed by atoms with Gasteiger partial charge in [0, 0.05) is 12.6 Å². The molecule has 0 spiro atoms. The first-order chi connectivity index (χ1) is 11.2. The van der Waals surface area contributed by atoms with Gasteiger partial charge in [0.05, 0.1) is 18.7 Å². The number of rotatable bonds is 2. The van der Waals surface area contributed by atoms with Gasteiger partial charge in [0.15, 0.2) is 0 Å². The first kappa shape index (κ1) is 18.2. The standard InChI is InChI=1S/C18H26N2O2S.ClH/c1-12-9-20(10-17(22-12)14-6-7-23-11-14)18(21)16-8-13-4-2-3-5-15(13)19-16;/h6-7,11-13,15-17,19H,2-5,8-10H2,1H3;1H. The molecule has 3 aliphatic rings. The quantitative estimate of drug-likeness (QED) is 0.867. The Bertz CT molecular complexity index is 539. The van der Waals surface area contributed by atoms with Crippen LogP contribution >= 0.6 is 23.7 Å². The van der Waals surface area contributed by atoms with E-state index in [1.165, 1.54) is 31.2 Å². The van der Waals surface area contributed by atoms with Crippen molar-refractivity contribution in [1.29, 1.82) is 0 Å². The van der Waals surface area contributed by atoms with Crippen molar-refractivity contribution in [3.63, 3.8) is 0 Å². The number of hydrogen-bond acceptors (Lipinski definition) is 4. The fourth-order valence-corrected chi connectivity index (χ4v) is 5.21. The molecule has 4 nitrogen and oxygen atoms in total. The molecule has 1 aliphatic carbocycles. The second-order valence-electron chi connectivity index (χ2n) is 7.34. The first-order valence-corrected chi connectivity index (χ1v) is 9.87. The summed E-state index contributed by atoms with van der Waals surface area (Å²) in [5.74, 6) is 0.999. The molecule has 4 rings (SSSR count). The van der Waals surface area contributed by atoms with E-state index < -0.39 is 0 Å². The molecule has 24 heavy (non-hydrogen) atoms. The molecule has 3 fully saturated rings. The van der Waals surface area contributed by atoms with E-state index in [0.717, 1.165) is 6.42 Å². The minimum absolute atomic E-state index is 0. The Kier molecular flexibility index (Phi) is 5.85. The highest BCUT2D eigenvalue weighted by Crippen LogP contribution is 2.34. The predicted molar refractivity (Wildman–Crippen MR) is 98.7 cm³/mol. The highest BCUT2D eigenvalue weighted by Gasteiger charge is 2.41. The summed E-state index contributed by atoms with van der Waals surface area (Å²) in [5.41, 5.74) is 1.20. The number of nitrogens with zero attached hydrogens (tertiary/aromatic N) is 1. The average molecular weight is 371 g/mol. The van der Waals surface area contributed by atoms with Gasteiger partial charge in [-0.05, 0) is 54.5 Å². The van der Waals surface area contributed by atoms with Crippen LogP contribution in [-0.2, 0) is 9.53 Å². The minimum atomic E-state index is 0. The molecule has 2 aliphatic heterocycles. The van der Waals surface area contributed by atoms with Crippen LogP contribution in [0.5, 0.6) is 0 Å². The molecule has 1 aromatic heterocycles. The van der Waals surface area contributed by atoms with E-state index in [4.69, 9.17) is 4.74 Å². The Labute approximate surface area is 154 Å². The van der Waals surface area contributed by atoms with Crippen LogP contribution in [0.15, 0.2) is 16.8 Å². The molecule has 0 radical (unpaired) electrons. The molecule has 6 heteroatoms. The molecule has 5 atom stereocenters. The molecular weight excluding hydrogens is 344 g/mol. The van der Waals surface area contributed by atoms with Crippen LogP contribution in [0.3, 0.4) is 0 Å². The lowest BCUT2D eigenvalue weighted by Gasteiger charge is -2.38. The SMILES string of the molecule is CC1CN(C(=O)C2CC3CCCCC3N2)CC(c2ccsc2)O1.Cl. The third-order valence-electron chi connectivity index (χ3n) is 5.65. The Hall–Kier alpha value is -0.620. The zero-order valence-electron chi connectivity index (χ0n) is 14.1. The molecule has 1 aromatic rings. The summed E-state index contributed by atoms with van der Waals surface area (Å²) < 4.78 is 6.06. The molecule has 0 aromatic carbocycles. The number of hydrogen-bond donors (Lipinski definition) is 1. The van der Waals surface area contributed by atoms with Gasteiger partial charge in [-0.15, -0.1) is 12.4 Å². The molecule has 1 amide bonds. The first-order valence-electron chi connectivity index (χ1n) is 8.93.